The SMILES string of the molecule is Cn1c(-c2ccccc2)nc2c(Cl)nccc21. The monoisotopic (exact) mass is 243 g/mol. The predicted molar refractivity (Wildman–Crippen MR) is 69.0 cm³/mol. The zero-order valence-corrected chi connectivity index (χ0v) is 10.0. The van der Waals surface area contributed by atoms with Crippen molar-refractivity contribution in [3.63, 3.8) is 0 Å². The molecule has 0 unspecified atom stereocenters. The summed E-state index contributed by atoms with van der Waals surface area (Å²) in [6.07, 6.45) is 1.70. The molecule has 0 atom stereocenters. The Hall–Kier alpha value is -1.87. The summed E-state index contributed by atoms with van der Waals surface area (Å²) in [5.74, 6) is 0.899. The maximum absolute atomic E-state index is 6.04. The van der Waals surface area contributed by atoms with Crippen LogP contribution in [0.3, 0.4) is 0 Å². The van der Waals surface area contributed by atoms with Gasteiger partial charge in [0.2, 0.25) is 0 Å². The van der Waals surface area contributed by atoms with E-state index in [9.17, 15) is 0 Å². The van der Waals surface area contributed by atoms with Crippen LogP contribution >= 0.6 is 11.6 Å². The molecule has 2 heterocycles. The number of fused-ring (bicyclic) bond motifs is 1. The van der Waals surface area contributed by atoms with Crippen LogP contribution in [0.2, 0.25) is 5.15 Å². The number of hydrogen-bond donors (Lipinski definition) is 0. The van der Waals surface area contributed by atoms with Crippen molar-refractivity contribution in [2.45, 2.75) is 0 Å². The first-order valence-corrected chi connectivity index (χ1v) is 5.67. The van der Waals surface area contributed by atoms with Crippen LogP contribution in [0.15, 0.2) is 42.6 Å². The molecule has 0 N–H and O–H groups in total. The molecular weight excluding hydrogens is 234 g/mol. The predicted octanol–water partition coefficient (Wildman–Crippen LogP) is 3.29. The van der Waals surface area contributed by atoms with E-state index in [4.69, 9.17) is 11.6 Å². The molecule has 0 bridgehead atoms. The summed E-state index contributed by atoms with van der Waals surface area (Å²) in [4.78, 5) is 8.60. The Morgan fingerprint density at radius 1 is 1.12 bits per heavy atom. The molecule has 0 radical (unpaired) electrons. The van der Waals surface area contributed by atoms with Crippen molar-refractivity contribution < 1.29 is 0 Å². The highest BCUT2D eigenvalue weighted by Gasteiger charge is 2.11. The molecule has 0 amide bonds. The van der Waals surface area contributed by atoms with Crippen LogP contribution in [0.25, 0.3) is 22.4 Å². The van der Waals surface area contributed by atoms with Gasteiger partial charge in [0.25, 0.3) is 0 Å². The Balaban J connectivity index is 2.32. The van der Waals surface area contributed by atoms with E-state index in [2.05, 4.69) is 9.97 Å². The molecule has 0 aliphatic rings. The summed E-state index contributed by atoms with van der Waals surface area (Å²) in [5, 5.41) is 0.445. The van der Waals surface area contributed by atoms with E-state index in [1.807, 2.05) is 48.0 Å². The van der Waals surface area contributed by atoms with Gasteiger partial charge in [0.1, 0.15) is 11.3 Å². The van der Waals surface area contributed by atoms with Crippen LogP contribution in [-0.4, -0.2) is 14.5 Å². The Kier molecular flexibility index (Phi) is 2.34. The number of aromatic nitrogens is 3. The zero-order chi connectivity index (χ0) is 11.8. The van der Waals surface area contributed by atoms with Crippen LogP contribution < -0.4 is 0 Å². The second-order valence-corrected chi connectivity index (χ2v) is 4.19. The molecule has 3 rings (SSSR count). The third-order valence-corrected chi connectivity index (χ3v) is 3.06. The molecule has 0 spiro atoms. The quantitative estimate of drug-likeness (QED) is 0.614. The Morgan fingerprint density at radius 2 is 1.88 bits per heavy atom. The maximum Gasteiger partial charge on any atom is 0.156 e. The minimum absolute atomic E-state index is 0.445. The first kappa shape index (κ1) is 10.3. The van der Waals surface area contributed by atoms with Gasteiger partial charge in [0.15, 0.2) is 5.15 Å². The van der Waals surface area contributed by atoms with Crippen LogP contribution in [-0.2, 0) is 7.05 Å². The minimum Gasteiger partial charge on any atom is -0.327 e. The van der Waals surface area contributed by atoms with E-state index in [0.29, 0.717) is 5.15 Å². The maximum atomic E-state index is 6.04. The highest BCUT2D eigenvalue weighted by atomic mass is 35.5. The fourth-order valence-electron chi connectivity index (χ4n) is 1.93. The van der Waals surface area contributed by atoms with E-state index in [0.717, 1.165) is 22.4 Å². The van der Waals surface area contributed by atoms with Gasteiger partial charge >= 0.3 is 0 Å². The Bertz CT molecular complexity index is 674. The van der Waals surface area contributed by atoms with Gasteiger partial charge in [0.05, 0.1) is 5.52 Å². The fraction of sp³-hybridized carbons (Fsp3) is 0.0769. The molecule has 0 saturated heterocycles. The average Bonchev–Trinajstić information content (AvgIpc) is 2.70. The topological polar surface area (TPSA) is 30.7 Å². The summed E-state index contributed by atoms with van der Waals surface area (Å²) >= 11 is 6.04. The fourth-order valence-corrected chi connectivity index (χ4v) is 2.13. The number of rotatable bonds is 1. The second kappa shape index (κ2) is 3.86. The van der Waals surface area contributed by atoms with Gasteiger partial charge in [-0.1, -0.05) is 41.9 Å². The van der Waals surface area contributed by atoms with Crippen molar-refractivity contribution in [1.82, 2.24) is 14.5 Å². The van der Waals surface area contributed by atoms with Crippen LogP contribution in [0.5, 0.6) is 0 Å². The van der Waals surface area contributed by atoms with Crippen molar-refractivity contribution in [3.8, 4) is 11.4 Å². The smallest absolute Gasteiger partial charge is 0.156 e. The molecular formula is C13H10ClN3. The molecule has 17 heavy (non-hydrogen) atoms. The molecule has 2 aromatic heterocycles. The van der Waals surface area contributed by atoms with E-state index >= 15 is 0 Å². The van der Waals surface area contributed by atoms with E-state index in [1.54, 1.807) is 6.20 Å². The van der Waals surface area contributed by atoms with E-state index < -0.39 is 0 Å². The second-order valence-electron chi connectivity index (χ2n) is 3.83. The van der Waals surface area contributed by atoms with Gasteiger partial charge in [-0.25, -0.2) is 9.97 Å². The van der Waals surface area contributed by atoms with Crippen molar-refractivity contribution in [1.29, 1.82) is 0 Å². The van der Waals surface area contributed by atoms with Gasteiger partial charge in [-0.3, -0.25) is 0 Å². The zero-order valence-electron chi connectivity index (χ0n) is 9.26. The van der Waals surface area contributed by atoms with Crippen molar-refractivity contribution >= 4 is 22.6 Å². The van der Waals surface area contributed by atoms with Gasteiger partial charge in [-0.2, -0.15) is 0 Å². The summed E-state index contributed by atoms with van der Waals surface area (Å²) in [6, 6.07) is 12.0. The van der Waals surface area contributed by atoms with E-state index in [-0.39, 0.29) is 0 Å². The van der Waals surface area contributed by atoms with Gasteiger partial charge in [-0.05, 0) is 6.07 Å². The standard InChI is InChI=1S/C13H10ClN3/c1-17-10-7-8-15-12(14)11(10)16-13(17)9-5-3-2-4-6-9/h2-8H,1H3. The molecule has 0 aliphatic heterocycles. The number of hydrogen-bond acceptors (Lipinski definition) is 2. The third-order valence-electron chi connectivity index (χ3n) is 2.79. The number of aryl methyl sites for hydroxylation is 1. The normalized spacial score (nSPS) is 10.9. The van der Waals surface area contributed by atoms with Crippen molar-refractivity contribution in [3.05, 3.63) is 47.7 Å². The van der Waals surface area contributed by atoms with Crippen molar-refractivity contribution in [2.24, 2.45) is 7.05 Å². The van der Waals surface area contributed by atoms with Crippen LogP contribution in [0.1, 0.15) is 0 Å². The number of pyridine rings is 1. The molecule has 4 heteroatoms. The lowest BCUT2D eigenvalue weighted by Crippen LogP contribution is -1.91. The number of halogens is 1. The number of imidazole rings is 1. The number of benzene rings is 1. The van der Waals surface area contributed by atoms with Gasteiger partial charge in [0, 0.05) is 18.8 Å². The molecule has 0 aliphatic carbocycles. The molecule has 84 valence electrons. The largest absolute Gasteiger partial charge is 0.327 e. The summed E-state index contributed by atoms with van der Waals surface area (Å²) < 4.78 is 2.03. The first-order chi connectivity index (χ1) is 8.27. The molecule has 0 saturated carbocycles. The van der Waals surface area contributed by atoms with E-state index in [1.165, 1.54) is 0 Å². The van der Waals surface area contributed by atoms with Crippen LogP contribution in [0, 0.1) is 0 Å². The highest BCUT2D eigenvalue weighted by Crippen LogP contribution is 2.26. The lowest BCUT2D eigenvalue weighted by atomic mass is 10.2. The number of nitrogens with zero attached hydrogens (tertiary/aromatic N) is 3. The molecule has 3 nitrogen and oxygen atoms in total. The third kappa shape index (κ3) is 1.59. The highest BCUT2D eigenvalue weighted by molar-refractivity contribution is 6.33. The summed E-state index contributed by atoms with van der Waals surface area (Å²) in [5.41, 5.74) is 2.81. The van der Waals surface area contributed by atoms with Gasteiger partial charge in [-0.15, -0.1) is 0 Å². The Labute approximate surface area is 104 Å². The summed E-state index contributed by atoms with van der Waals surface area (Å²) in [6.45, 7) is 0. The first-order valence-electron chi connectivity index (χ1n) is 5.30. The average molecular weight is 244 g/mol. The lowest BCUT2D eigenvalue weighted by molar-refractivity contribution is 0.959. The summed E-state index contributed by atoms with van der Waals surface area (Å²) in [7, 11) is 1.98. The minimum atomic E-state index is 0.445. The molecule has 1 aromatic carbocycles. The van der Waals surface area contributed by atoms with Crippen molar-refractivity contribution in [2.75, 3.05) is 0 Å². The lowest BCUT2D eigenvalue weighted by Gasteiger charge is -2.01. The Morgan fingerprint density at radius 3 is 2.59 bits per heavy atom. The molecule has 3 aromatic rings. The van der Waals surface area contributed by atoms with Gasteiger partial charge < -0.3 is 4.57 Å². The molecule has 0 fully saturated rings. The van der Waals surface area contributed by atoms with Crippen LogP contribution in [0.4, 0.5) is 0 Å².